The minimum Gasteiger partial charge on any atom is -0.276 e. The van der Waals surface area contributed by atoms with Crippen molar-refractivity contribution in [3.63, 3.8) is 0 Å². The van der Waals surface area contributed by atoms with E-state index in [0.717, 1.165) is 34.4 Å². The van der Waals surface area contributed by atoms with E-state index >= 15 is 0 Å². The molecule has 0 radical (unpaired) electrons. The number of nitrogens with zero attached hydrogens (tertiary/aromatic N) is 1. The zero-order chi connectivity index (χ0) is 18.4. The number of rotatable bonds is 6. The van der Waals surface area contributed by atoms with Crippen LogP contribution in [0.4, 0.5) is 4.39 Å². The molecular formula is C24H22FN. The number of hydrogen-bond acceptors (Lipinski definition) is 1. The van der Waals surface area contributed by atoms with Crippen LogP contribution in [0.5, 0.6) is 0 Å². The second-order valence-electron chi connectivity index (χ2n) is 6.44. The Balaban J connectivity index is 2.10. The van der Waals surface area contributed by atoms with Gasteiger partial charge in [-0.25, -0.2) is 4.39 Å². The highest BCUT2D eigenvalue weighted by Gasteiger charge is 2.14. The van der Waals surface area contributed by atoms with Crippen molar-refractivity contribution in [1.82, 2.24) is 0 Å². The van der Waals surface area contributed by atoms with Gasteiger partial charge >= 0.3 is 0 Å². The van der Waals surface area contributed by atoms with Gasteiger partial charge in [0.05, 0.1) is 11.8 Å². The average molecular weight is 343 g/mol. The molecule has 0 heterocycles. The van der Waals surface area contributed by atoms with E-state index in [1.54, 1.807) is 12.1 Å². The Bertz CT molecular complexity index is 839. The van der Waals surface area contributed by atoms with Crippen LogP contribution in [0.1, 0.15) is 36.1 Å². The summed E-state index contributed by atoms with van der Waals surface area (Å²) in [4.78, 5) is 5.09. The molecule has 26 heavy (non-hydrogen) atoms. The van der Waals surface area contributed by atoms with Gasteiger partial charge < -0.3 is 0 Å². The number of aliphatic imine (C=N–C) groups is 1. The first-order chi connectivity index (χ1) is 12.6. The summed E-state index contributed by atoms with van der Waals surface area (Å²) in [6.45, 7) is 6.04. The maximum absolute atomic E-state index is 13.4. The van der Waals surface area contributed by atoms with E-state index < -0.39 is 0 Å². The minimum absolute atomic E-state index is 0.108. The largest absolute Gasteiger partial charge is 0.276 e. The molecular weight excluding hydrogens is 321 g/mol. The molecule has 0 saturated heterocycles. The molecule has 0 aliphatic rings. The molecule has 0 aromatic heterocycles. The first-order valence-corrected chi connectivity index (χ1v) is 8.72. The van der Waals surface area contributed by atoms with Crippen LogP contribution in [-0.4, -0.2) is 5.71 Å². The van der Waals surface area contributed by atoms with Gasteiger partial charge in [0.1, 0.15) is 5.82 Å². The summed E-state index contributed by atoms with van der Waals surface area (Å²) in [5.74, 6) is -0.238. The lowest BCUT2D eigenvalue weighted by molar-refractivity contribution is 0.624. The predicted octanol–water partition coefficient (Wildman–Crippen LogP) is 6.37. The van der Waals surface area contributed by atoms with Crippen molar-refractivity contribution >= 4 is 5.71 Å². The number of hydrogen-bond donors (Lipinski definition) is 0. The Labute approximate surface area is 154 Å². The summed E-state index contributed by atoms with van der Waals surface area (Å²) < 4.78 is 13.4. The monoisotopic (exact) mass is 343 g/mol. The van der Waals surface area contributed by atoms with Crippen molar-refractivity contribution in [2.75, 3.05) is 0 Å². The molecule has 130 valence electrons. The molecule has 3 aromatic carbocycles. The lowest BCUT2D eigenvalue weighted by Gasteiger charge is -2.17. The predicted molar refractivity (Wildman–Crippen MR) is 107 cm³/mol. The first-order valence-electron chi connectivity index (χ1n) is 8.72. The highest BCUT2D eigenvalue weighted by Crippen LogP contribution is 2.27. The van der Waals surface area contributed by atoms with Gasteiger partial charge in [-0.15, -0.1) is 6.58 Å². The quantitative estimate of drug-likeness (QED) is 0.364. The van der Waals surface area contributed by atoms with E-state index in [9.17, 15) is 4.39 Å². The average Bonchev–Trinajstić information content (AvgIpc) is 2.67. The minimum atomic E-state index is -0.238. The third-order valence-electron chi connectivity index (χ3n) is 4.18. The van der Waals surface area contributed by atoms with Crippen LogP contribution in [0, 0.1) is 5.82 Å². The Hall–Kier alpha value is -3.00. The van der Waals surface area contributed by atoms with Crippen LogP contribution < -0.4 is 0 Å². The lowest BCUT2D eigenvalue weighted by atomic mass is 9.98. The summed E-state index contributed by atoms with van der Waals surface area (Å²) in [7, 11) is 0. The van der Waals surface area contributed by atoms with Crippen molar-refractivity contribution in [1.29, 1.82) is 0 Å². The summed E-state index contributed by atoms with van der Waals surface area (Å²) >= 11 is 0. The molecule has 0 spiro atoms. The van der Waals surface area contributed by atoms with Crippen LogP contribution in [0.15, 0.2) is 102 Å². The summed E-state index contributed by atoms with van der Waals surface area (Å²) in [5, 5.41) is 0. The van der Waals surface area contributed by atoms with Gasteiger partial charge in [0.2, 0.25) is 0 Å². The second kappa shape index (κ2) is 8.39. The van der Waals surface area contributed by atoms with E-state index in [2.05, 4.69) is 30.8 Å². The highest BCUT2D eigenvalue weighted by molar-refractivity contribution is 6.13. The Morgan fingerprint density at radius 2 is 1.35 bits per heavy atom. The van der Waals surface area contributed by atoms with Gasteiger partial charge in [-0.1, -0.05) is 78.4 Å². The molecule has 0 amide bonds. The van der Waals surface area contributed by atoms with Gasteiger partial charge in [-0.05, 0) is 31.0 Å². The molecule has 3 aromatic rings. The second-order valence-corrected chi connectivity index (χ2v) is 6.44. The smallest absolute Gasteiger partial charge is 0.123 e. The van der Waals surface area contributed by atoms with Gasteiger partial charge in [0.15, 0.2) is 0 Å². The maximum atomic E-state index is 13.4. The summed E-state index contributed by atoms with van der Waals surface area (Å²) in [6.07, 6.45) is 0.717. The number of benzene rings is 3. The standard InChI is InChI=1S/C24H22FN/c1-18(2)17-23(19-13-15-22(25)16-14-19)26-24(20-9-5-3-6-10-20)21-11-7-4-8-12-21/h3-16,23H,1,17H2,2H3. The number of halogens is 1. The van der Waals surface area contributed by atoms with Crippen LogP contribution in [0.25, 0.3) is 0 Å². The lowest BCUT2D eigenvalue weighted by Crippen LogP contribution is -2.07. The van der Waals surface area contributed by atoms with Gasteiger partial charge in [0, 0.05) is 11.1 Å². The van der Waals surface area contributed by atoms with E-state index in [1.165, 1.54) is 12.1 Å². The molecule has 2 heteroatoms. The van der Waals surface area contributed by atoms with Crippen molar-refractivity contribution in [3.8, 4) is 0 Å². The Kier molecular flexibility index (Phi) is 5.75. The van der Waals surface area contributed by atoms with Crippen molar-refractivity contribution < 1.29 is 4.39 Å². The summed E-state index contributed by atoms with van der Waals surface area (Å²) in [5.41, 5.74) is 5.09. The fourth-order valence-electron chi connectivity index (χ4n) is 2.92. The van der Waals surface area contributed by atoms with Crippen molar-refractivity contribution in [2.45, 2.75) is 19.4 Å². The normalized spacial score (nSPS) is 11.6. The SMILES string of the molecule is C=C(C)CC(N=C(c1ccccc1)c1ccccc1)c1ccc(F)cc1. The van der Waals surface area contributed by atoms with Gasteiger partial charge in [0.25, 0.3) is 0 Å². The molecule has 0 aliphatic carbocycles. The van der Waals surface area contributed by atoms with E-state index in [0.29, 0.717) is 0 Å². The van der Waals surface area contributed by atoms with Crippen LogP contribution in [0.2, 0.25) is 0 Å². The topological polar surface area (TPSA) is 12.4 Å². The fourth-order valence-corrected chi connectivity index (χ4v) is 2.92. The zero-order valence-corrected chi connectivity index (χ0v) is 14.9. The fraction of sp³-hybridized carbons (Fsp3) is 0.125. The van der Waals surface area contributed by atoms with Crippen molar-refractivity contribution in [2.24, 2.45) is 4.99 Å². The molecule has 3 rings (SSSR count). The van der Waals surface area contributed by atoms with E-state index in [1.807, 2.05) is 43.3 Å². The first kappa shape index (κ1) is 17.8. The van der Waals surface area contributed by atoms with E-state index in [-0.39, 0.29) is 11.9 Å². The molecule has 0 bridgehead atoms. The van der Waals surface area contributed by atoms with E-state index in [4.69, 9.17) is 4.99 Å². The molecule has 1 unspecified atom stereocenters. The van der Waals surface area contributed by atoms with Crippen LogP contribution >= 0.6 is 0 Å². The van der Waals surface area contributed by atoms with Crippen LogP contribution in [0.3, 0.4) is 0 Å². The Morgan fingerprint density at radius 1 is 0.846 bits per heavy atom. The molecule has 0 aliphatic heterocycles. The third kappa shape index (κ3) is 4.54. The van der Waals surface area contributed by atoms with Crippen LogP contribution in [-0.2, 0) is 0 Å². The molecule has 1 atom stereocenters. The van der Waals surface area contributed by atoms with Gasteiger partial charge in [-0.3, -0.25) is 4.99 Å². The molecule has 0 N–H and O–H groups in total. The van der Waals surface area contributed by atoms with Gasteiger partial charge in [-0.2, -0.15) is 0 Å². The third-order valence-corrected chi connectivity index (χ3v) is 4.18. The summed E-state index contributed by atoms with van der Waals surface area (Å²) in [6, 6.07) is 26.8. The molecule has 0 fully saturated rings. The Morgan fingerprint density at radius 3 is 1.81 bits per heavy atom. The zero-order valence-electron chi connectivity index (χ0n) is 14.9. The maximum Gasteiger partial charge on any atom is 0.123 e. The molecule has 0 saturated carbocycles. The molecule has 1 nitrogen and oxygen atoms in total. The van der Waals surface area contributed by atoms with Crippen molar-refractivity contribution in [3.05, 3.63) is 120 Å². The highest BCUT2D eigenvalue weighted by atomic mass is 19.1.